The van der Waals surface area contributed by atoms with Gasteiger partial charge in [-0.25, -0.2) is 8.42 Å². The van der Waals surface area contributed by atoms with Crippen molar-refractivity contribution in [1.82, 2.24) is 15.0 Å². The molecule has 0 radical (unpaired) electrons. The molecule has 5 rings (SSSR count). The molecule has 3 fully saturated rings. The van der Waals surface area contributed by atoms with E-state index >= 15 is 0 Å². The van der Waals surface area contributed by atoms with Crippen LogP contribution in [0, 0.1) is 5.92 Å². The fourth-order valence-corrected chi connectivity index (χ4v) is 7.62. The molecule has 31 heavy (non-hydrogen) atoms. The molecule has 9 heteroatoms. The minimum Gasteiger partial charge on any atom is -0.497 e. The number of nitrogens with zero attached hydrogens (tertiary/aromatic N) is 3. The Balaban J connectivity index is 1.32. The van der Waals surface area contributed by atoms with Gasteiger partial charge in [-0.2, -0.15) is 4.98 Å². The number of carbonyl (C=O) groups is 1. The first-order chi connectivity index (χ1) is 14.9. The largest absolute Gasteiger partial charge is 0.497 e. The lowest BCUT2D eigenvalue weighted by Crippen LogP contribution is -2.68. The molecular weight excluding hydrogens is 418 g/mol. The number of aromatic nitrogens is 2. The molecule has 1 amide bonds. The van der Waals surface area contributed by atoms with E-state index in [0.717, 1.165) is 37.0 Å². The third-order valence-corrected chi connectivity index (χ3v) is 9.72. The molecule has 166 valence electrons. The van der Waals surface area contributed by atoms with E-state index in [9.17, 15) is 13.2 Å². The fraction of sp³-hybridized carbons (Fsp3) is 0.591. The van der Waals surface area contributed by atoms with Crippen molar-refractivity contribution in [1.29, 1.82) is 0 Å². The van der Waals surface area contributed by atoms with Crippen molar-refractivity contribution in [3.05, 3.63) is 41.5 Å². The predicted octanol–water partition coefficient (Wildman–Crippen LogP) is 2.34. The van der Waals surface area contributed by atoms with Gasteiger partial charge in [-0.3, -0.25) is 4.79 Å². The Hall–Kier alpha value is -2.42. The smallest absolute Gasteiger partial charge is 0.231 e. The molecule has 1 aliphatic carbocycles. The van der Waals surface area contributed by atoms with Crippen LogP contribution in [-0.2, 0) is 21.1 Å². The Morgan fingerprint density at radius 2 is 1.90 bits per heavy atom. The zero-order chi connectivity index (χ0) is 21.6. The summed E-state index contributed by atoms with van der Waals surface area (Å²) in [5.74, 6) is 1.57. The van der Waals surface area contributed by atoms with Crippen LogP contribution in [0.4, 0.5) is 0 Å². The molecule has 2 aliphatic heterocycles. The van der Waals surface area contributed by atoms with Gasteiger partial charge in [-0.15, -0.1) is 0 Å². The van der Waals surface area contributed by atoms with Crippen LogP contribution in [-0.4, -0.2) is 60.1 Å². The van der Waals surface area contributed by atoms with Gasteiger partial charge >= 0.3 is 0 Å². The quantitative estimate of drug-likeness (QED) is 0.696. The summed E-state index contributed by atoms with van der Waals surface area (Å²) in [5, 5.41) is 4.09. The summed E-state index contributed by atoms with van der Waals surface area (Å²) in [6.45, 7) is 0.483. The summed E-state index contributed by atoms with van der Waals surface area (Å²) in [6.07, 6.45) is 4.93. The first-order valence-electron chi connectivity index (χ1n) is 10.9. The molecule has 1 unspecified atom stereocenters. The van der Waals surface area contributed by atoms with Crippen molar-refractivity contribution in [3.8, 4) is 5.75 Å². The fourth-order valence-electron chi connectivity index (χ4n) is 5.32. The minimum atomic E-state index is -3.33. The Bertz CT molecular complexity index is 1070. The Kier molecular flexibility index (Phi) is 5.03. The van der Waals surface area contributed by atoms with Crippen LogP contribution in [0.1, 0.15) is 55.3 Å². The van der Waals surface area contributed by atoms with Gasteiger partial charge < -0.3 is 14.2 Å². The van der Waals surface area contributed by atoms with Crippen LogP contribution in [0.3, 0.4) is 0 Å². The van der Waals surface area contributed by atoms with Gasteiger partial charge in [0.25, 0.3) is 0 Å². The van der Waals surface area contributed by atoms with E-state index in [4.69, 9.17) is 9.26 Å². The lowest BCUT2D eigenvalue weighted by atomic mass is 9.82. The van der Waals surface area contributed by atoms with E-state index in [1.54, 1.807) is 12.0 Å². The van der Waals surface area contributed by atoms with Crippen LogP contribution in [0.2, 0.25) is 0 Å². The van der Waals surface area contributed by atoms with Crippen LogP contribution in [0.15, 0.2) is 28.8 Å². The number of hydrogen-bond acceptors (Lipinski definition) is 7. The molecule has 0 bridgehead atoms. The third-order valence-electron chi connectivity index (χ3n) is 7.17. The average molecular weight is 446 g/mol. The zero-order valence-corrected chi connectivity index (χ0v) is 18.4. The summed E-state index contributed by atoms with van der Waals surface area (Å²) in [7, 11) is -1.71. The highest BCUT2D eigenvalue weighted by atomic mass is 32.2. The van der Waals surface area contributed by atoms with E-state index in [2.05, 4.69) is 10.1 Å². The van der Waals surface area contributed by atoms with E-state index < -0.39 is 14.6 Å². The number of methoxy groups -OCH3 is 1. The Labute approximate surface area is 181 Å². The maximum Gasteiger partial charge on any atom is 0.231 e. The number of rotatable bonds is 5. The Morgan fingerprint density at radius 3 is 2.58 bits per heavy atom. The highest BCUT2D eigenvalue weighted by Gasteiger charge is 2.64. The number of ether oxygens (including phenoxy) is 1. The van der Waals surface area contributed by atoms with Crippen molar-refractivity contribution in [2.24, 2.45) is 5.92 Å². The second-order valence-corrected chi connectivity index (χ2v) is 11.4. The number of likely N-dealkylation sites (tertiary alicyclic amines) is 1. The van der Waals surface area contributed by atoms with Crippen LogP contribution < -0.4 is 4.74 Å². The van der Waals surface area contributed by atoms with Gasteiger partial charge in [0, 0.05) is 25.4 Å². The summed E-state index contributed by atoms with van der Waals surface area (Å²) in [6, 6.07) is 7.63. The lowest BCUT2D eigenvalue weighted by molar-refractivity contribution is -0.141. The van der Waals surface area contributed by atoms with E-state index in [1.807, 2.05) is 24.3 Å². The predicted molar refractivity (Wildman–Crippen MR) is 113 cm³/mol. The Morgan fingerprint density at radius 1 is 1.19 bits per heavy atom. The molecule has 3 heterocycles. The second-order valence-electron chi connectivity index (χ2n) is 8.97. The highest BCUT2D eigenvalue weighted by molar-refractivity contribution is 7.93. The second kappa shape index (κ2) is 7.62. The molecule has 1 aromatic heterocycles. The molecule has 3 aliphatic rings. The van der Waals surface area contributed by atoms with Gasteiger partial charge in [-0.05, 0) is 37.0 Å². The summed E-state index contributed by atoms with van der Waals surface area (Å²) in [5.41, 5.74) is 1.01. The number of amides is 1. The standard InChI is InChI=1S/C22H27N3O5S/c1-29-17-8-6-15(7-9-17)12-19-23-20(30-24-19)18-10-11-31(27,28)22(18)13-25(14-22)21(26)16-4-2-3-5-16/h6-9,16,18H,2-5,10-14H2,1H3. The number of sulfone groups is 1. The molecule has 1 spiro atoms. The molecular formula is C22H27N3O5S. The first kappa shape index (κ1) is 20.5. The highest BCUT2D eigenvalue weighted by Crippen LogP contribution is 2.50. The molecule has 0 N–H and O–H groups in total. The zero-order valence-electron chi connectivity index (χ0n) is 17.6. The van der Waals surface area contributed by atoms with Crippen LogP contribution in [0.25, 0.3) is 0 Å². The van der Waals surface area contributed by atoms with Crippen molar-refractivity contribution in [3.63, 3.8) is 0 Å². The van der Waals surface area contributed by atoms with Crippen LogP contribution >= 0.6 is 0 Å². The van der Waals surface area contributed by atoms with E-state index in [1.165, 1.54) is 0 Å². The molecule has 8 nitrogen and oxygen atoms in total. The molecule has 1 atom stereocenters. The normalized spacial score (nSPS) is 24.4. The summed E-state index contributed by atoms with van der Waals surface area (Å²) in [4.78, 5) is 19.0. The van der Waals surface area contributed by atoms with Gasteiger partial charge in [0.2, 0.25) is 11.8 Å². The minimum absolute atomic E-state index is 0.0550. The van der Waals surface area contributed by atoms with Crippen LogP contribution in [0.5, 0.6) is 5.75 Å². The SMILES string of the molecule is COc1ccc(Cc2noc(C3CCS(=O)(=O)C34CN(C(=O)C3CCCC3)C4)n2)cc1. The molecule has 2 saturated heterocycles. The molecule has 1 aromatic carbocycles. The van der Waals surface area contributed by atoms with Crippen molar-refractivity contribution in [2.45, 2.75) is 49.2 Å². The average Bonchev–Trinajstić information content (AvgIpc) is 3.46. The first-order valence-corrected chi connectivity index (χ1v) is 12.5. The molecule has 1 saturated carbocycles. The molecule has 2 aromatic rings. The number of benzene rings is 1. The van der Waals surface area contributed by atoms with Gasteiger partial charge in [0.05, 0.1) is 18.8 Å². The number of carbonyl (C=O) groups excluding carboxylic acids is 1. The van der Waals surface area contributed by atoms with Crippen molar-refractivity contribution < 1.29 is 22.5 Å². The van der Waals surface area contributed by atoms with E-state index in [-0.39, 0.29) is 36.6 Å². The van der Waals surface area contributed by atoms with E-state index in [0.29, 0.717) is 24.6 Å². The van der Waals surface area contributed by atoms with Gasteiger partial charge in [0.15, 0.2) is 15.7 Å². The topological polar surface area (TPSA) is 103 Å². The lowest BCUT2D eigenvalue weighted by Gasteiger charge is -2.49. The summed E-state index contributed by atoms with van der Waals surface area (Å²) < 4.78 is 35.6. The van der Waals surface area contributed by atoms with Crippen molar-refractivity contribution in [2.75, 3.05) is 26.0 Å². The maximum atomic E-state index is 13.0. The van der Waals surface area contributed by atoms with Crippen molar-refractivity contribution >= 4 is 15.7 Å². The van der Waals surface area contributed by atoms with Gasteiger partial charge in [0.1, 0.15) is 10.5 Å². The third kappa shape index (κ3) is 3.43. The maximum absolute atomic E-state index is 13.0. The summed E-state index contributed by atoms with van der Waals surface area (Å²) >= 11 is 0. The number of hydrogen-bond donors (Lipinski definition) is 0. The monoisotopic (exact) mass is 445 g/mol. The van der Waals surface area contributed by atoms with Gasteiger partial charge in [-0.1, -0.05) is 30.1 Å².